The van der Waals surface area contributed by atoms with E-state index in [2.05, 4.69) is 16.8 Å². The van der Waals surface area contributed by atoms with Crippen LogP contribution in [0.25, 0.3) is 0 Å². The van der Waals surface area contributed by atoms with Crippen molar-refractivity contribution in [3.63, 3.8) is 0 Å². The lowest BCUT2D eigenvalue weighted by Crippen LogP contribution is -1.84. The van der Waals surface area contributed by atoms with Crippen LogP contribution in [0.15, 0.2) is 18.3 Å². The lowest BCUT2D eigenvalue weighted by atomic mass is 10.3. The summed E-state index contributed by atoms with van der Waals surface area (Å²) in [6.07, 6.45) is 1.62. The molecule has 0 N–H and O–H groups in total. The first kappa shape index (κ1) is 9.05. The molecule has 0 saturated carbocycles. The Morgan fingerprint density at radius 2 is 2.50 bits per heavy atom. The van der Waals surface area contributed by atoms with E-state index < -0.39 is 0 Å². The smallest absolute Gasteiger partial charge is 0.114 e. The van der Waals surface area contributed by atoms with Gasteiger partial charge in [0.25, 0.3) is 0 Å². The van der Waals surface area contributed by atoms with Gasteiger partial charge in [0, 0.05) is 18.3 Å². The number of aromatic nitrogens is 1. The van der Waals surface area contributed by atoms with Gasteiger partial charge in [-0.15, -0.1) is 0 Å². The van der Waals surface area contributed by atoms with Crippen molar-refractivity contribution in [2.24, 2.45) is 0 Å². The molecule has 0 aliphatic heterocycles. The van der Waals surface area contributed by atoms with Crippen molar-refractivity contribution in [3.05, 3.63) is 29.0 Å². The standard InChI is InChI=1S/C9H8ClNO/c1-12-6-2-3-9-7-8(10)4-5-11-9/h4-5,7H,6H2,1H3. The van der Waals surface area contributed by atoms with Crippen molar-refractivity contribution in [2.75, 3.05) is 13.7 Å². The molecule has 0 fully saturated rings. The van der Waals surface area contributed by atoms with Crippen LogP contribution in [0, 0.1) is 11.8 Å². The van der Waals surface area contributed by atoms with Gasteiger partial charge < -0.3 is 4.74 Å². The second-order valence-electron chi connectivity index (χ2n) is 2.09. The van der Waals surface area contributed by atoms with Crippen molar-refractivity contribution >= 4 is 11.6 Å². The van der Waals surface area contributed by atoms with E-state index in [4.69, 9.17) is 16.3 Å². The summed E-state index contributed by atoms with van der Waals surface area (Å²) in [5.41, 5.74) is 0.666. The van der Waals surface area contributed by atoms with E-state index >= 15 is 0 Å². The van der Waals surface area contributed by atoms with Crippen LogP contribution in [0.3, 0.4) is 0 Å². The molecule has 62 valence electrons. The number of rotatable bonds is 1. The van der Waals surface area contributed by atoms with Crippen LogP contribution in [0.4, 0.5) is 0 Å². The maximum absolute atomic E-state index is 5.72. The largest absolute Gasteiger partial charge is 0.372 e. The van der Waals surface area contributed by atoms with Crippen LogP contribution in [0.5, 0.6) is 0 Å². The van der Waals surface area contributed by atoms with Crippen molar-refractivity contribution < 1.29 is 4.74 Å². The first-order chi connectivity index (χ1) is 5.83. The zero-order chi connectivity index (χ0) is 8.81. The average molecular weight is 182 g/mol. The number of pyridine rings is 1. The molecule has 12 heavy (non-hydrogen) atoms. The first-order valence-electron chi connectivity index (χ1n) is 3.42. The lowest BCUT2D eigenvalue weighted by molar-refractivity contribution is 0.240. The lowest BCUT2D eigenvalue weighted by Gasteiger charge is -1.89. The molecule has 0 bridgehead atoms. The van der Waals surface area contributed by atoms with E-state index in [0.29, 0.717) is 17.3 Å². The van der Waals surface area contributed by atoms with Gasteiger partial charge in [-0.25, -0.2) is 4.98 Å². The molecule has 2 nitrogen and oxygen atoms in total. The summed E-state index contributed by atoms with van der Waals surface area (Å²) < 4.78 is 4.76. The average Bonchev–Trinajstić information content (AvgIpc) is 2.05. The van der Waals surface area contributed by atoms with Crippen LogP contribution >= 0.6 is 11.6 Å². The van der Waals surface area contributed by atoms with Gasteiger partial charge in [-0.1, -0.05) is 17.5 Å². The fraction of sp³-hybridized carbons (Fsp3) is 0.222. The number of halogens is 1. The monoisotopic (exact) mass is 181 g/mol. The summed E-state index contributed by atoms with van der Waals surface area (Å²) in [6.45, 7) is 0.411. The third-order valence-electron chi connectivity index (χ3n) is 1.15. The molecule has 0 unspecified atom stereocenters. The van der Waals surface area contributed by atoms with Gasteiger partial charge in [0.05, 0.1) is 0 Å². The Morgan fingerprint density at radius 1 is 1.67 bits per heavy atom. The van der Waals surface area contributed by atoms with E-state index in [0.717, 1.165) is 0 Å². The minimum Gasteiger partial charge on any atom is -0.372 e. The van der Waals surface area contributed by atoms with Gasteiger partial charge in [-0.05, 0) is 18.1 Å². The zero-order valence-electron chi connectivity index (χ0n) is 6.67. The number of hydrogen-bond donors (Lipinski definition) is 0. The van der Waals surface area contributed by atoms with Crippen molar-refractivity contribution in [3.8, 4) is 11.8 Å². The molecule has 1 heterocycles. The fourth-order valence-electron chi connectivity index (χ4n) is 0.672. The zero-order valence-corrected chi connectivity index (χ0v) is 7.43. The van der Waals surface area contributed by atoms with Gasteiger partial charge in [0.1, 0.15) is 12.3 Å². The van der Waals surface area contributed by atoms with Crippen LogP contribution in [-0.2, 0) is 4.74 Å². The minimum absolute atomic E-state index is 0.411. The topological polar surface area (TPSA) is 22.1 Å². The minimum atomic E-state index is 0.411. The summed E-state index contributed by atoms with van der Waals surface area (Å²) in [5.74, 6) is 5.60. The highest BCUT2D eigenvalue weighted by molar-refractivity contribution is 6.30. The van der Waals surface area contributed by atoms with E-state index in [1.54, 1.807) is 25.4 Å². The summed E-state index contributed by atoms with van der Waals surface area (Å²) in [4.78, 5) is 4.00. The normalized spacial score (nSPS) is 8.83. The molecular weight excluding hydrogens is 174 g/mol. The molecule has 1 aromatic rings. The molecule has 0 amide bonds. The van der Waals surface area contributed by atoms with Crippen molar-refractivity contribution in [1.82, 2.24) is 4.98 Å². The third-order valence-corrected chi connectivity index (χ3v) is 1.39. The molecule has 1 aromatic heterocycles. The second-order valence-corrected chi connectivity index (χ2v) is 2.53. The van der Waals surface area contributed by atoms with Gasteiger partial charge in [0.15, 0.2) is 0 Å². The molecule has 0 radical (unpaired) electrons. The number of methoxy groups -OCH3 is 1. The van der Waals surface area contributed by atoms with Gasteiger partial charge in [-0.3, -0.25) is 0 Å². The number of hydrogen-bond acceptors (Lipinski definition) is 2. The van der Waals surface area contributed by atoms with Crippen LogP contribution in [0.1, 0.15) is 5.69 Å². The summed E-state index contributed by atoms with van der Waals surface area (Å²) >= 11 is 5.72. The first-order valence-corrected chi connectivity index (χ1v) is 3.80. The van der Waals surface area contributed by atoms with Crippen molar-refractivity contribution in [2.45, 2.75) is 0 Å². The van der Waals surface area contributed by atoms with Gasteiger partial charge in [-0.2, -0.15) is 0 Å². The van der Waals surface area contributed by atoms with Crippen LogP contribution in [0.2, 0.25) is 5.02 Å². The Morgan fingerprint density at radius 3 is 3.17 bits per heavy atom. The third kappa shape index (κ3) is 2.91. The molecule has 0 aliphatic rings. The molecule has 0 atom stereocenters. The van der Waals surface area contributed by atoms with E-state index in [1.807, 2.05) is 0 Å². The van der Waals surface area contributed by atoms with E-state index in [-0.39, 0.29) is 0 Å². The van der Waals surface area contributed by atoms with Crippen LogP contribution in [-0.4, -0.2) is 18.7 Å². The maximum atomic E-state index is 5.72. The number of nitrogens with zero attached hydrogens (tertiary/aromatic N) is 1. The predicted octanol–water partition coefficient (Wildman–Crippen LogP) is 1.73. The highest BCUT2D eigenvalue weighted by Gasteiger charge is 1.88. The highest BCUT2D eigenvalue weighted by Crippen LogP contribution is 2.06. The van der Waals surface area contributed by atoms with Crippen molar-refractivity contribution in [1.29, 1.82) is 0 Å². The molecular formula is C9H8ClNO. The maximum Gasteiger partial charge on any atom is 0.114 e. The second kappa shape index (κ2) is 4.76. The number of ether oxygens (including phenoxy) is 1. The predicted molar refractivity (Wildman–Crippen MR) is 48.0 cm³/mol. The van der Waals surface area contributed by atoms with Gasteiger partial charge in [0.2, 0.25) is 0 Å². The summed E-state index contributed by atoms with van der Waals surface area (Å²) in [7, 11) is 1.60. The molecule has 1 rings (SSSR count). The molecule has 0 saturated heterocycles. The quantitative estimate of drug-likeness (QED) is 0.616. The fourth-order valence-corrected chi connectivity index (χ4v) is 0.832. The summed E-state index contributed by atoms with van der Waals surface area (Å²) in [6, 6.07) is 3.42. The molecule has 0 aromatic carbocycles. The van der Waals surface area contributed by atoms with E-state index in [1.165, 1.54) is 0 Å². The Labute approximate surface area is 76.5 Å². The Bertz CT molecular complexity index is 314. The summed E-state index contributed by atoms with van der Waals surface area (Å²) in [5, 5.41) is 0.645. The molecule has 3 heteroatoms. The molecule has 0 aliphatic carbocycles. The van der Waals surface area contributed by atoms with E-state index in [9.17, 15) is 0 Å². The Balaban J connectivity index is 2.71. The molecule has 0 spiro atoms. The SMILES string of the molecule is COCC#Cc1cc(Cl)ccn1. The Kier molecular flexibility index (Phi) is 3.59. The van der Waals surface area contributed by atoms with Crippen LogP contribution < -0.4 is 0 Å². The highest BCUT2D eigenvalue weighted by atomic mass is 35.5. The Hall–Kier alpha value is -1.04. The van der Waals surface area contributed by atoms with Gasteiger partial charge >= 0.3 is 0 Å².